The van der Waals surface area contributed by atoms with Crippen LogP contribution in [0.2, 0.25) is 0 Å². The van der Waals surface area contributed by atoms with Crippen molar-refractivity contribution in [1.29, 1.82) is 0 Å². The Morgan fingerprint density at radius 3 is 2.81 bits per heavy atom. The van der Waals surface area contributed by atoms with Gasteiger partial charge in [0.15, 0.2) is 11.5 Å². The van der Waals surface area contributed by atoms with E-state index >= 15 is 0 Å². The summed E-state index contributed by atoms with van der Waals surface area (Å²) in [4.78, 5) is 9.83. The second kappa shape index (κ2) is 3.38. The average Bonchev–Trinajstić information content (AvgIpc) is 2.76. The van der Waals surface area contributed by atoms with Crippen molar-refractivity contribution in [2.24, 2.45) is 0 Å². The molecule has 1 aliphatic heterocycles. The molecule has 0 radical (unpaired) electrons. The van der Waals surface area contributed by atoms with Gasteiger partial charge in [-0.1, -0.05) is 0 Å². The van der Waals surface area contributed by atoms with E-state index in [1.54, 1.807) is 0 Å². The van der Waals surface area contributed by atoms with Gasteiger partial charge in [-0.15, -0.1) is 0 Å². The van der Waals surface area contributed by atoms with E-state index in [0.717, 1.165) is 34.9 Å². The summed E-state index contributed by atoms with van der Waals surface area (Å²) < 4.78 is 10.6. The summed E-state index contributed by atoms with van der Waals surface area (Å²) in [5.41, 5.74) is 1.90. The van der Waals surface area contributed by atoms with Crippen LogP contribution < -0.4 is 9.47 Å². The molecule has 5 nitrogen and oxygen atoms in total. The van der Waals surface area contributed by atoms with Crippen LogP contribution in [0.25, 0.3) is 11.0 Å². The van der Waals surface area contributed by atoms with Crippen LogP contribution in [0.4, 0.5) is 0 Å². The largest absolute Gasteiger partial charge is 0.454 e. The van der Waals surface area contributed by atoms with Crippen LogP contribution in [0.5, 0.6) is 11.5 Å². The Hall–Kier alpha value is -1.75. The number of ether oxygens (including phenoxy) is 2. The summed E-state index contributed by atoms with van der Waals surface area (Å²) in [5.74, 6) is 2.51. The predicted molar refractivity (Wildman–Crippen MR) is 59.6 cm³/mol. The van der Waals surface area contributed by atoms with E-state index in [9.17, 15) is 0 Å². The molecule has 0 aliphatic carbocycles. The molecule has 84 valence electrons. The molecule has 0 bridgehead atoms. The van der Waals surface area contributed by atoms with E-state index in [1.807, 2.05) is 26.2 Å². The number of imidazole rings is 1. The van der Waals surface area contributed by atoms with Crippen molar-refractivity contribution in [2.75, 3.05) is 20.9 Å². The van der Waals surface area contributed by atoms with Crippen LogP contribution in [0.1, 0.15) is 5.82 Å². The van der Waals surface area contributed by atoms with Crippen molar-refractivity contribution in [3.8, 4) is 11.5 Å². The second-order valence-corrected chi connectivity index (χ2v) is 4.14. The van der Waals surface area contributed by atoms with Gasteiger partial charge in [-0.05, 0) is 14.1 Å². The van der Waals surface area contributed by atoms with Gasteiger partial charge in [0.1, 0.15) is 5.82 Å². The molecule has 2 heterocycles. The molecule has 2 aromatic rings. The van der Waals surface area contributed by atoms with Crippen LogP contribution in [0, 0.1) is 0 Å². The Labute approximate surface area is 93.0 Å². The summed E-state index contributed by atoms with van der Waals surface area (Å²) in [6.45, 7) is 1.09. The van der Waals surface area contributed by atoms with Gasteiger partial charge in [-0.2, -0.15) is 0 Å². The number of nitrogens with zero attached hydrogens (tertiary/aromatic N) is 2. The number of benzene rings is 1. The molecule has 5 heteroatoms. The molecular formula is C11H13N3O2. The maximum atomic E-state index is 5.32. The van der Waals surface area contributed by atoms with Gasteiger partial charge in [0.2, 0.25) is 6.79 Å². The van der Waals surface area contributed by atoms with Crippen LogP contribution in [0.15, 0.2) is 12.1 Å². The molecule has 0 atom stereocenters. The summed E-state index contributed by atoms with van der Waals surface area (Å²) in [7, 11) is 4.03. The number of nitrogens with one attached hydrogen (secondary N) is 1. The summed E-state index contributed by atoms with van der Waals surface area (Å²) in [6.07, 6.45) is 0. The van der Waals surface area contributed by atoms with Crippen molar-refractivity contribution < 1.29 is 9.47 Å². The van der Waals surface area contributed by atoms with Gasteiger partial charge in [-0.25, -0.2) is 4.98 Å². The maximum absolute atomic E-state index is 5.32. The topological polar surface area (TPSA) is 50.4 Å². The van der Waals surface area contributed by atoms with Crippen LogP contribution in [-0.4, -0.2) is 35.8 Å². The highest BCUT2D eigenvalue weighted by atomic mass is 16.7. The number of aromatic amines is 1. The number of fused-ring (bicyclic) bond motifs is 2. The molecule has 1 aliphatic rings. The van der Waals surface area contributed by atoms with Crippen LogP contribution >= 0.6 is 0 Å². The fourth-order valence-electron chi connectivity index (χ4n) is 1.83. The minimum Gasteiger partial charge on any atom is -0.454 e. The minimum atomic E-state index is 0.298. The fourth-order valence-corrected chi connectivity index (χ4v) is 1.83. The normalized spacial score (nSPS) is 13.9. The summed E-state index contributed by atoms with van der Waals surface area (Å²) in [6, 6.07) is 3.84. The Kier molecular flexibility index (Phi) is 2.00. The third kappa shape index (κ3) is 1.49. The van der Waals surface area contributed by atoms with Crippen molar-refractivity contribution in [3.05, 3.63) is 18.0 Å². The molecule has 0 unspecified atom stereocenters. The molecule has 1 aromatic carbocycles. The third-order valence-electron chi connectivity index (χ3n) is 2.49. The minimum absolute atomic E-state index is 0.298. The number of hydrogen-bond donors (Lipinski definition) is 1. The highest BCUT2D eigenvalue weighted by molar-refractivity contribution is 5.80. The lowest BCUT2D eigenvalue weighted by atomic mass is 10.3. The van der Waals surface area contributed by atoms with Gasteiger partial charge in [0.25, 0.3) is 0 Å². The molecular weight excluding hydrogens is 206 g/mol. The first kappa shape index (κ1) is 9.47. The maximum Gasteiger partial charge on any atom is 0.231 e. The first-order valence-corrected chi connectivity index (χ1v) is 5.15. The third-order valence-corrected chi connectivity index (χ3v) is 2.49. The molecule has 0 saturated heterocycles. The Balaban J connectivity index is 2.05. The molecule has 0 saturated carbocycles. The second-order valence-electron chi connectivity index (χ2n) is 4.14. The summed E-state index contributed by atoms with van der Waals surface area (Å²) >= 11 is 0. The Morgan fingerprint density at radius 2 is 2.06 bits per heavy atom. The number of H-pyrrole nitrogens is 1. The van der Waals surface area contributed by atoms with E-state index in [1.165, 1.54) is 0 Å². The van der Waals surface area contributed by atoms with E-state index in [4.69, 9.17) is 9.47 Å². The van der Waals surface area contributed by atoms with Crippen molar-refractivity contribution in [1.82, 2.24) is 14.9 Å². The first-order chi connectivity index (χ1) is 7.72. The lowest BCUT2D eigenvalue weighted by molar-refractivity contribution is 0.174. The van der Waals surface area contributed by atoms with Crippen molar-refractivity contribution in [3.63, 3.8) is 0 Å². The lowest BCUT2D eigenvalue weighted by Crippen LogP contribution is -2.11. The lowest BCUT2D eigenvalue weighted by Gasteiger charge is -2.04. The highest BCUT2D eigenvalue weighted by Crippen LogP contribution is 2.35. The zero-order valence-electron chi connectivity index (χ0n) is 9.28. The number of aromatic nitrogens is 2. The Bertz CT molecular complexity index is 492. The molecule has 0 fully saturated rings. The summed E-state index contributed by atoms with van der Waals surface area (Å²) in [5, 5.41) is 0. The molecule has 0 amide bonds. The average molecular weight is 219 g/mol. The van der Waals surface area contributed by atoms with E-state index < -0.39 is 0 Å². The molecule has 16 heavy (non-hydrogen) atoms. The van der Waals surface area contributed by atoms with Crippen LogP contribution in [-0.2, 0) is 6.54 Å². The quantitative estimate of drug-likeness (QED) is 0.828. The Morgan fingerprint density at radius 1 is 1.31 bits per heavy atom. The van der Waals surface area contributed by atoms with E-state index in [-0.39, 0.29) is 0 Å². The first-order valence-electron chi connectivity index (χ1n) is 5.15. The van der Waals surface area contributed by atoms with Crippen molar-refractivity contribution >= 4 is 11.0 Å². The molecule has 3 rings (SSSR count). The van der Waals surface area contributed by atoms with E-state index in [2.05, 4.69) is 14.9 Å². The predicted octanol–water partition coefficient (Wildman–Crippen LogP) is 1.35. The van der Waals surface area contributed by atoms with Gasteiger partial charge in [-0.3, -0.25) is 0 Å². The molecule has 0 spiro atoms. The van der Waals surface area contributed by atoms with Gasteiger partial charge >= 0.3 is 0 Å². The zero-order chi connectivity index (χ0) is 11.1. The standard InChI is InChI=1S/C11H13N3O2/c1-14(2)5-11-12-7-3-9-10(16-6-15-9)4-8(7)13-11/h3-4H,5-6H2,1-2H3,(H,12,13). The van der Waals surface area contributed by atoms with Crippen molar-refractivity contribution in [2.45, 2.75) is 6.54 Å². The van der Waals surface area contributed by atoms with Crippen LogP contribution in [0.3, 0.4) is 0 Å². The highest BCUT2D eigenvalue weighted by Gasteiger charge is 2.16. The number of rotatable bonds is 2. The zero-order valence-corrected chi connectivity index (χ0v) is 9.28. The SMILES string of the molecule is CN(C)Cc1nc2cc3c(cc2[nH]1)OCO3. The van der Waals surface area contributed by atoms with Gasteiger partial charge < -0.3 is 19.4 Å². The van der Waals surface area contributed by atoms with Gasteiger partial charge in [0, 0.05) is 12.1 Å². The monoisotopic (exact) mass is 219 g/mol. The fraction of sp³-hybridized carbons (Fsp3) is 0.364. The van der Waals surface area contributed by atoms with Gasteiger partial charge in [0.05, 0.1) is 17.6 Å². The molecule has 1 N–H and O–H groups in total. The smallest absolute Gasteiger partial charge is 0.231 e. The van der Waals surface area contributed by atoms with E-state index in [0.29, 0.717) is 6.79 Å². The molecule has 1 aromatic heterocycles. The number of hydrogen-bond acceptors (Lipinski definition) is 4.